The van der Waals surface area contributed by atoms with Gasteiger partial charge < -0.3 is 9.64 Å². The summed E-state index contributed by atoms with van der Waals surface area (Å²) in [5.41, 5.74) is 1.40. The summed E-state index contributed by atoms with van der Waals surface area (Å²) in [6, 6.07) is 3.44. The van der Waals surface area contributed by atoms with Crippen LogP contribution in [0.5, 0.6) is 0 Å². The highest BCUT2D eigenvalue weighted by atomic mass is 35.5. The fourth-order valence-electron chi connectivity index (χ4n) is 2.95. The second-order valence-corrected chi connectivity index (χ2v) is 6.77. The van der Waals surface area contributed by atoms with Gasteiger partial charge in [-0.3, -0.25) is 4.79 Å². The van der Waals surface area contributed by atoms with E-state index in [4.69, 9.17) is 27.9 Å². The molecule has 1 aliphatic rings. The molecule has 0 radical (unpaired) electrons. The van der Waals surface area contributed by atoms with Crippen LogP contribution in [0.2, 0.25) is 10.0 Å². The average Bonchev–Trinajstić information content (AvgIpc) is 2.52. The largest absolute Gasteiger partial charge is 0.385 e. The van der Waals surface area contributed by atoms with Crippen LogP contribution in [0, 0.1) is 12.8 Å². The molecule has 3 nitrogen and oxygen atoms in total. The summed E-state index contributed by atoms with van der Waals surface area (Å²) in [4.78, 5) is 14.6. The van der Waals surface area contributed by atoms with Gasteiger partial charge in [-0.05, 0) is 56.2 Å². The number of halogens is 2. The molecule has 1 saturated heterocycles. The van der Waals surface area contributed by atoms with E-state index in [1.165, 1.54) is 6.42 Å². The summed E-state index contributed by atoms with van der Waals surface area (Å²) in [5.74, 6) is 0.587. The number of hydrogen-bond acceptors (Lipinski definition) is 2. The Morgan fingerprint density at radius 2 is 2.05 bits per heavy atom. The van der Waals surface area contributed by atoms with E-state index >= 15 is 0 Å². The molecule has 1 amide bonds. The molecular weight excluding hydrogens is 321 g/mol. The van der Waals surface area contributed by atoms with Gasteiger partial charge >= 0.3 is 0 Å². The number of amides is 1. The maximum atomic E-state index is 12.7. The lowest BCUT2D eigenvalue weighted by Gasteiger charge is -2.33. The molecule has 22 heavy (non-hydrogen) atoms. The van der Waals surface area contributed by atoms with Gasteiger partial charge in [0, 0.05) is 42.4 Å². The summed E-state index contributed by atoms with van der Waals surface area (Å²) in [6.45, 7) is 4.26. The molecule has 5 heteroatoms. The van der Waals surface area contributed by atoms with Crippen LogP contribution in [0.15, 0.2) is 12.1 Å². The highest BCUT2D eigenvalue weighted by Crippen LogP contribution is 2.28. The van der Waals surface area contributed by atoms with E-state index in [2.05, 4.69) is 0 Å². The third kappa shape index (κ3) is 4.37. The first-order valence-corrected chi connectivity index (χ1v) is 8.52. The monoisotopic (exact) mass is 343 g/mol. The molecule has 0 spiro atoms. The predicted molar refractivity (Wildman–Crippen MR) is 90.9 cm³/mol. The SMILES string of the molecule is COCCC[C@H]1CCCN(C(=O)c2cc(Cl)c(C)c(Cl)c2)C1. The first kappa shape index (κ1) is 17.6. The van der Waals surface area contributed by atoms with Gasteiger partial charge in [0.05, 0.1) is 0 Å². The second-order valence-electron chi connectivity index (χ2n) is 5.96. The Morgan fingerprint density at radius 3 is 2.68 bits per heavy atom. The summed E-state index contributed by atoms with van der Waals surface area (Å²) >= 11 is 12.3. The molecular formula is C17H23Cl2NO2. The molecule has 1 heterocycles. The lowest BCUT2D eigenvalue weighted by molar-refractivity contribution is 0.0660. The normalized spacial score (nSPS) is 18.5. The zero-order valence-electron chi connectivity index (χ0n) is 13.2. The van der Waals surface area contributed by atoms with E-state index in [0.717, 1.165) is 44.5 Å². The van der Waals surface area contributed by atoms with Crippen molar-refractivity contribution >= 4 is 29.1 Å². The number of ether oxygens (including phenoxy) is 1. The molecule has 1 atom stereocenters. The molecule has 0 unspecified atom stereocenters. The third-order valence-electron chi connectivity index (χ3n) is 4.29. The van der Waals surface area contributed by atoms with E-state index in [9.17, 15) is 4.79 Å². The first-order valence-electron chi connectivity index (χ1n) is 7.76. The van der Waals surface area contributed by atoms with Crippen molar-refractivity contribution in [3.8, 4) is 0 Å². The third-order valence-corrected chi connectivity index (χ3v) is 5.08. The number of carbonyl (C=O) groups is 1. The van der Waals surface area contributed by atoms with Crippen LogP contribution in [-0.4, -0.2) is 37.6 Å². The molecule has 0 saturated carbocycles. The Kier molecular flexibility index (Phi) is 6.54. The standard InChI is InChI=1S/C17H23Cl2NO2/c1-12-15(18)9-14(10-16(12)19)17(21)20-7-3-5-13(11-20)6-4-8-22-2/h9-10,13H,3-8,11H2,1-2H3/t13-/m1/s1. The van der Waals surface area contributed by atoms with Gasteiger partial charge in [-0.25, -0.2) is 0 Å². The molecule has 1 aliphatic heterocycles. The average molecular weight is 344 g/mol. The molecule has 0 N–H and O–H groups in total. The van der Waals surface area contributed by atoms with Crippen molar-refractivity contribution in [2.75, 3.05) is 26.8 Å². The topological polar surface area (TPSA) is 29.5 Å². The van der Waals surface area contributed by atoms with Crippen molar-refractivity contribution in [2.24, 2.45) is 5.92 Å². The molecule has 1 aromatic rings. The van der Waals surface area contributed by atoms with Crippen molar-refractivity contribution in [2.45, 2.75) is 32.6 Å². The van der Waals surface area contributed by atoms with E-state index < -0.39 is 0 Å². The van der Waals surface area contributed by atoms with Gasteiger partial charge in [-0.15, -0.1) is 0 Å². The van der Waals surface area contributed by atoms with Gasteiger partial charge in [0.25, 0.3) is 5.91 Å². The highest BCUT2D eigenvalue weighted by Gasteiger charge is 2.25. The highest BCUT2D eigenvalue weighted by molar-refractivity contribution is 6.36. The Labute approximate surface area is 142 Å². The maximum Gasteiger partial charge on any atom is 0.253 e. The minimum Gasteiger partial charge on any atom is -0.385 e. The number of piperidine rings is 1. The Hall–Kier alpha value is -0.770. The number of rotatable bonds is 5. The summed E-state index contributed by atoms with van der Waals surface area (Å²) in [7, 11) is 1.72. The Bertz CT molecular complexity index is 510. The summed E-state index contributed by atoms with van der Waals surface area (Å²) in [6.07, 6.45) is 4.39. The number of hydrogen-bond donors (Lipinski definition) is 0. The lowest BCUT2D eigenvalue weighted by atomic mass is 9.93. The molecule has 0 aromatic heterocycles. The molecule has 0 aliphatic carbocycles. The predicted octanol–water partition coefficient (Wildman–Crippen LogP) is 4.58. The van der Waals surface area contributed by atoms with Crippen LogP contribution in [-0.2, 0) is 4.74 Å². The van der Waals surface area contributed by atoms with Crippen LogP contribution in [0.1, 0.15) is 41.6 Å². The van der Waals surface area contributed by atoms with Crippen molar-refractivity contribution in [3.63, 3.8) is 0 Å². The number of nitrogens with zero attached hydrogens (tertiary/aromatic N) is 1. The van der Waals surface area contributed by atoms with E-state index in [0.29, 0.717) is 21.5 Å². The first-order chi connectivity index (χ1) is 10.5. The maximum absolute atomic E-state index is 12.7. The minimum atomic E-state index is 0.0280. The summed E-state index contributed by atoms with van der Waals surface area (Å²) in [5, 5.41) is 1.09. The number of likely N-dealkylation sites (tertiary alicyclic amines) is 1. The molecule has 1 aromatic carbocycles. The quantitative estimate of drug-likeness (QED) is 0.732. The van der Waals surface area contributed by atoms with Gasteiger partial charge in [0.2, 0.25) is 0 Å². The van der Waals surface area contributed by atoms with Crippen LogP contribution >= 0.6 is 23.2 Å². The molecule has 1 fully saturated rings. The van der Waals surface area contributed by atoms with Crippen molar-refractivity contribution in [1.29, 1.82) is 0 Å². The van der Waals surface area contributed by atoms with Crippen molar-refractivity contribution in [3.05, 3.63) is 33.3 Å². The second kappa shape index (κ2) is 8.19. The van der Waals surface area contributed by atoms with Crippen LogP contribution in [0.3, 0.4) is 0 Å². The fourth-order valence-corrected chi connectivity index (χ4v) is 3.44. The molecule has 0 bridgehead atoms. The van der Waals surface area contributed by atoms with Crippen molar-refractivity contribution < 1.29 is 9.53 Å². The fraction of sp³-hybridized carbons (Fsp3) is 0.588. The lowest BCUT2D eigenvalue weighted by Crippen LogP contribution is -2.40. The van der Waals surface area contributed by atoms with Crippen LogP contribution in [0.25, 0.3) is 0 Å². The Balaban J connectivity index is 2.02. The molecule has 2 rings (SSSR count). The van der Waals surface area contributed by atoms with Gasteiger partial charge in [-0.1, -0.05) is 23.2 Å². The Morgan fingerprint density at radius 1 is 1.36 bits per heavy atom. The van der Waals surface area contributed by atoms with E-state index in [1.54, 1.807) is 19.2 Å². The summed E-state index contributed by atoms with van der Waals surface area (Å²) < 4.78 is 5.10. The minimum absolute atomic E-state index is 0.0280. The van der Waals surface area contributed by atoms with Gasteiger partial charge in [-0.2, -0.15) is 0 Å². The van der Waals surface area contributed by atoms with Crippen LogP contribution in [0.4, 0.5) is 0 Å². The van der Waals surface area contributed by atoms with E-state index in [-0.39, 0.29) is 5.91 Å². The number of carbonyl (C=O) groups excluding carboxylic acids is 1. The van der Waals surface area contributed by atoms with Gasteiger partial charge in [0.1, 0.15) is 0 Å². The van der Waals surface area contributed by atoms with Crippen LogP contribution < -0.4 is 0 Å². The van der Waals surface area contributed by atoms with E-state index in [1.807, 2.05) is 11.8 Å². The molecule has 122 valence electrons. The number of methoxy groups -OCH3 is 1. The van der Waals surface area contributed by atoms with Crippen molar-refractivity contribution in [1.82, 2.24) is 4.90 Å². The zero-order valence-corrected chi connectivity index (χ0v) is 14.7. The number of benzene rings is 1. The smallest absolute Gasteiger partial charge is 0.253 e. The van der Waals surface area contributed by atoms with Gasteiger partial charge in [0.15, 0.2) is 0 Å². The zero-order chi connectivity index (χ0) is 16.1.